The van der Waals surface area contributed by atoms with E-state index < -0.39 is 10.0 Å². The average molecular weight is 243 g/mol. The van der Waals surface area contributed by atoms with E-state index >= 15 is 0 Å². The zero-order chi connectivity index (χ0) is 12.0. The Morgan fingerprint density at radius 3 is 2.38 bits per heavy atom. The van der Waals surface area contributed by atoms with Gasteiger partial charge in [-0.25, -0.2) is 8.42 Å². The zero-order valence-electron chi connectivity index (χ0n) is 9.33. The van der Waals surface area contributed by atoms with Crippen LogP contribution in [0, 0.1) is 0 Å². The highest BCUT2D eigenvalue weighted by atomic mass is 32.2. The van der Waals surface area contributed by atoms with E-state index in [-0.39, 0.29) is 12.4 Å². The number of hydrogen-bond acceptors (Lipinski definition) is 3. The zero-order valence-corrected chi connectivity index (χ0v) is 10.2. The molecule has 5 heteroatoms. The van der Waals surface area contributed by atoms with E-state index in [1.807, 2.05) is 30.3 Å². The molecule has 0 heterocycles. The summed E-state index contributed by atoms with van der Waals surface area (Å²) in [5.41, 5.74) is 0.950. The SMILES string of the molecule is CCN(Cc1ccccc1)S(=O)(=O)CCO. The molecular formula is C11H17NO3S. The maximum Gasteiger partial charge on any atom is 0.216 e. The highest BCUT2D eigenvalue weighted by molar-refractivity contribution is 7.89. The smallest absolute Gasteiger partial charge is 0.216 e. The summed E-state index contributed by atoms with van der Waals surface area (Å²) in [7, 11) is -3.34. The van der Waals surface area contributed by atoms with Crippen LogP contribution in [-0.2, 0) is 16.6 Å². The van der Waals surface area contributed by atoms with Gasteiger partial charge >= 0.3 is 0 Å². The maximum atomic E-state index is 11.7. The van der Waals surface area contributed by atoms with Crippen molar-refractivity contribution in [3.63, 3.8) is 0 Å². The van der Waals surface area contributed by atoms with Crippen molar-refractivity contribution in [2.24, 2.45) is 0 Å². The number of hydrogen-bond donors (Lipinski definition) is 1. The van der Waals surface area contributed by atoms with Gasteiger partial charge in [0, 0.05) is 13.1 Å². The first kappa shape index (κ1) is 13.2. The molecule has 0 aliphatic carbocycles. The van der Waals surface area contributed by atoms with Crippen molar-refractivity contribution in [1.82, 2.24) is 4.31 Å². The van der Waals surface area contributed by atoms with Gasteiger partial charge in [-0.3, -0.25) is 0 Å². The first-order valence-electron chi connectivity index (χ1n) is 5.22. The van der Waals surface area contributed by atoms with Gasteiger partial charge in [0.25, 0.3) is 0 Å². The lowest BCUT2D eigenvalue weighted by atomic mass is 10.2. The molecule has 0 aromatic heterocycles. The van der Waals surface area contributed by atoms with Crippen LogP contribution in [-0.4, -0.2) is 36.7 Å². The minimum atomic E-state index is -3.34. The minimum absolute atomic E-state index is 0.215. The molecule has 0 aliphatic rings. The van der Waals surface area contributed by atoms with Crippen LogP contribution < -0.4 is 0 Å². The summed E-state index contributed by atoms with van der Waals surface area (Å²) in [6, 6.07) is 9.42. The number of aliphatic hydroxyl groups excluding tert-OH is 1. The molecule has 1 N–H and O–H groups in total. The van der Waals surface area contributed by atoms with Crippen molar-refractivity contribution in [3.8, 4) is 0 Å². The van der Waals surface area contributed by atoms with Crippen molar-refractivity contribution in [2.45, 2.75) is 13.5 Å². The lowest BCUT2D eigenvalue weighted by Crippen LogP contribution is -2.33. The second-order valence-electron chi connectivity index (χ2n) is 3.45. The quantitative estimate of drug-likeness (QED) is 0.805. The Hall–Kier alpha value is -0.910. The normalized spacial score (nSPS) is 11.9. The molecule has 4 nitrogen and oxygen atoms in total. The maximum absolute atomic E-state index is 11.7. The molecule has 0 unspecified atom stereocenters. The predicted molar refractivity (Wildman–Crippen MR) is 63.4 cm³/mol. The van der Waals surface area contributed by atoms with Gasteiger partial charge < -0.3 is 5.11 Å². The number of rotatable bonds is 6. The highest BCUT2D eigenvalue weighted by Crippen LogP contribution is 2.09. The second kappa shape index (κ2) is 5.98. The van der Waals surface area contributed by atoms with Gasteiger partial charge in [-0.05, 0) is 5.56 Å². The molecule has 1 rings (SSSR count). The van der Waals surface area contributed by atoms with Gasteiger partial charge in [-0.1, -0.05) is 37.3 Å². The molecule has 16 heavy (non-hydrogen) atoms. The predicted octanol–water partition coefficient (Wildman–Crippen LogP) is 0.831. The van der Waals surface area contributed by atoms with Crippen LogP contribution in [0.4, 0.5) is 0 Å². The number of sulfonamides is 1. The molecule has 0 radical (unpaired) electrons. The van der Waals surface area contributed by atoms with E-state index in [0.717, 1.165) is 5.56 Å². The molecule has 1 aromatic carbocycles. The molecule has 0 amide bonds. The Bertz CT molecular complexity index is 402. The van der Waals surface area contributed by atoms with Crippen LogP contribution in [0.2, 0.25) is 0 Å². The van der Waals surface area contributed by atoms with Crippen LogP contribution in [0.1, 0.15) is 12.5 Å². The third kappa shape index (κ3) is 3.59. The summed E-state index contributed by atoms with van der Waals surface area (Å²) in [5, 5.41) is 8.71. The molecule has 0 spiro atoms. The fourth-order valence-electron chi connectivity index (χ4n) is 1.44. The molecule has 0 bridgehead atoms. The third-order valence-corrected chi connectivity index (χ3v) is 4.17. The van der Waals surface area contributed by atoms with Gasteiger partial charge in [-0.15, -0.1) is 0 Å². The summed E-state index contributed by atoms with van der Waals surface area (Å²) in [6.07, 6.45) is 0. The van der Waals surface area contributed by atoms with E-state index in [1.54, 1.807) is 6.92 Å². The molecule has 0 saturated heterocycles. The lowest BCUT2D eigenvalue weighted by Gasteiger charge is -2.19. The van der Waals surface area contributed by atoms with Crippen molar-refractivity contribution in [1.29, 1.82) is 0 Å². The van der Waals surface area contributed by atoms with Crippen LogP contribution in [0.25, 0.3) is 0 Å². The van der Waals surface area contributed by atoms with Gasteiger partial charge in [-0.2, -0.15) is 4.31 Å². The number of benzene rings is 1. The van der Waals surface area contributed by atoms with Crippen LogP contribution >= 0.6 is 0 Å². The first-order chi connectivity index (χ1) is 7.60. The summed E-state index contributed by atoms with van der Waals surface area (Å²) in [6.45, 7) is 2.22. The number of nitrogens with zero attached hydrogens (tertiary/aromatic N) is 1. The van der Waals surface area contributed by atoms with E-state index in [9.17, 15) is 8.42 Å². The standard InChI is InChI=1S/C11H17NO3S/c1-2-12(16(14,15)9-8-13)10-11-6-4-3-5-7-11/h3-7,13H,2,8-10H2,1H3. The minimum Gasteiger partial charge on any atom is -0.395 e. The lowest BCUT2D eigenvalue weighted by molar-refractivity contribution is 0.314. The summed E-state index contributed by atoms with van der Waals surface area (Å²) in [4.78, 5) is 0. The first-order valence-corrected chi connectivity index (χ1v) is 6.83. The Morgan fingerprint density at radius 1 is 1.25 bits per heavy atom. The van der Waals surface area contributed by atoms with E-state index in [4.69, 9.17) is 5.11 Å². The van der Waals surface area contributed by atoms with Gasteiger partial charge in [0.1, 0.15) is 0 Å². The Kier molecular flexibility index (Phi) is 4.92. The van der Waals surface area contributed by atoms with Gasteiger partial charge in [0.05, 0.1) is 12.4 Å². The molecule has 90 valence electrons. The topological polar surface area (TPSA) is 57.6 Å². The van der Waals surface area contributed by atoms with Crippen molar-refractivity contribution >= 4 is 10.0 Å². The van der Waals surface area contributed by atoms with E-state index in [1.165, 1.54) is 4.31 Å². The van der Waals surface area contributed by atoms with Crippen molar-refractivity contribution in [3.05, 3.63) is 35.9 Å². The largest absolute Gasteiger partial charge is 0.395 e. The van der Waals surface area contributed by atoms with Crippen LogP contribution in [0.15, 0.2) is 30.3 Å². The molecule has 1 aromatic rings. The highest BCUT2D eigenvalue weighted by Gasteiger charge is 2.19. The van der Waals surface area contributed by atoms with Crippen LogP contribution in [0.3, 0.4) is 0 Å². The molecule has 0 atom stereocenters. The molecule has 0 aliphatic heterocycles. The summed E-state index contributed by atoms with van der Waals surface area (Å²) < 4.78 is 24.8. The van der Waals surface area contributed by atoms with E-state index in [0.29, 0.717) is 13.1 Å². The van der Waals surface area contributed by atoms with Crippen molar-refractivity contribution < 1.29 is 13.5 Å². The van der Waals surface area contributed by atoms with E-state index in [2.05, 4.69) is 0 Å². The Balaban J connectivity index is 2.77. The fourth-order valence-corrected chi connectivity index (χ4v) is 2.67. The van der Waals surface area contributed by atoms with Crippen molar-refractivity contribution in [2.75, 3.05) is 18.9 Å². The van der Waals surface area contributed by atoms with Crippen LogP contribution in [0.5, 0.6) is 0 Å². The Morgan fingerprint density at radius 2 is 1.88 bits per heavy atom. The monoisotopic (exact) mass is 243 g/mol. The summed E-state index contributed by atoms with van der Waals surface area (Å²) in [5.74, 6) is -0.215. The second-order valence-corrected chi connectivity index (χ2v) is 5.54. The number of aliphatic hydroxyl groups is 1. The summed E-state index contributed by atoms with van der Waals surface area (Å²) >= 11 is 0. The Labute approximate surface area is 96.6 Å². The average Bonchev–Trinajstić information content (AvgIpc) is 2.27. The van der Waals surface area contributed by atoms with Gasteiger partial charge in [0.2, 0.25) is 10.0 Å². The molecule has 0 fully saturated rings. The molecular weight excluding hydrogens is 226 g/mol. The third-order valence-electron chi connectivity index (χ3n) is 2.30. The molecule has 0 saturated carbocycles. The van der Waals surface area contributed by atoms with Gasteiger partial charge in [0.15, 0.2) is 0 Å². The fraction of sp³-hybridized carbons (Fsp3) is 0.455.